The Bertz CT molecular complexity index is 756. The van der Waals surface area contributed by atoms with Gasteiger partial charge in [-0.1, -0.05) is 5.92 Å². The number of halogens is 1. The van der Waals surface area contributed by atoms with Crippen molar-refractivity contribution < 1.29 is 28.2 Å². The lowest BCUT2D eigenvalue weighted by atomic mass is 10.1. The molecule has 0 aromatic heterocycles. The highest BCUT2D eigenvalue weighted by Crippen LogP contribution is 2.25. The van der Waals surface area contributed by atoms with Gasteiger partial charge < -0.3 is 14.2 Å². The SMILES string of the molecule is CC#Cc1cc(F)c(CC(=O)N2CCOCCN2C(=O)OCC)c(OC)c1. The van der Waals surface area contributed by atoms with Crippen LogP contribution in [-0.4, -0.2) is 62.0 Å². The van der Waals surface area contributed by atoms with Crippen molar-refractivity contribution in [2.45, 2.75) is 20.3 Å². The van der Waals surface area contributed by atoms with Crippen LogP contribution in [0.5, 0.6) is 5.75 Å². The molecule has 0 saturated carbocycles. The lowest BCUT2D eigenvalue weighted by Gasteiger charge is -2.31. The zero-order valence-electron chi connectivity index (χ0n) is 15.7. The molecule has 7 nitrogen and oxygen atoms in total. The molecule has 1 aliphatic rings. The molecule has 0 aliphatic carbocycles. The van der Waals surface area contributed by atoms with Crippen LogP contribution in [-0.2, 0) is 20.7 Å². The largest absolute Gasteiger partial charge is 0.496 e. The number of carbonyl (C=O) groups excluding carboxylic acids is 2. The summed E-state index contributed by atoms with van der Waals surface area (Å²) < 4.78 is 30.1. The van der Waals surface area contributed by atoms with Gasteiger partial charge in [0.25, 0.3) is 0 Å². The minimum Gasteiger partial charge on any atom is -0.496 e. The molecular formula is C19H23FN2O5. The van der Waals surface area contributed by atoms with Gasteiger partial charge in [0, 0.05) is 11.1 Å². The smallest absolute Gasteiger partial charge is 0.428 e. The lowest BCUT2D eigenvalue weighted by Crippen LogP contribution is -2.51. The average molecular weight is 378 g/mol. The first-order valence-electron chi connectivity index (χ1n) is 8.63. The first-order valence-corrected chi connectivity index (χ1v) is 8.63. The molecule has 1 aliphatic heterocycles. The number of methoxy groups -OCH3 is 1. The third-order valence-electron chi connectivity index (χ3n) is 3.92. The molecule has 146 valence electrons. The quantitative estimate of drug-likeness (QED) is 0.750. The number of ether oxygens (including phenoxy) is 3. The van der Waals surface area contributed by atoms with E-state index >= 15 is 0 Å². The normalized spacial score (nSPS) is 14.1. The Balaban J connectivity index is 2.27. The molecule has 0 atom stereocenters. The van der Waals surface area contributed by atoms with Crippen LogP contribution in [0.4, 0.5) is 9.18 Å². The molecule has 0 radical (unpaired) electrons. The molecule has 0 spiro atoms. The summed E-state index contributed by atoms with van der Waals surface area (Å²) in [6, 6.07) is 2.84. The van der Waals surface area contributed by atoms with Gasteiger partial charge in [-0.15, -0.1) is 5.92 Å². The minimum atomic E-state index is -0.641. The fourth-order valence-electron chi connectivity index (χ4n) is 2.72. The Morgan fingerprint density at radius 1 is 1.26 bits per heavy atom. The summed E-state index contributed by atoms with van der Waals surface area (Å²) in [7, 11) is 1.40. The van der Waals surface area contributed by atoms with Gasteiger partial charge >= 0.3 is 6.09 Å². The molecule has 27 heavy (non-hydrogen) atoms. The van der Waals surface area contributed by atoms with Gasteiger partial charge in [-0.25, -0.2) is 19.2 Å². The Morgan fingerprint density at radius 2 is 1.96 bits per heavy atom. The first kappa shape index (κ1) is 20.5. The number of carbonyl (C=O) groups is 2. The van der Waals surface area contributed by atoms with Crippen molar-refractivity contribution in [2.75, 3.05) is 40.0 Å². The van der Waals surface area contributed by atoms with E-state index in [9.17, 15) is 14.0 Å². The maximum atomic E-state index is 14.6. The van der Waals surface area contributed by atoms with E-state index in [1.165, 1.54) is 23.2 Å². The van der Waals surface area contributed by atoms with Crippen molar-refractivity contribution in [3.8, 4) is 17.6 Å². The molecule has 1 heterocycles. The summed E-state index contributed by atoms with van der Waals surface area (Å²) in [5.41, 5.74) is 0.567. The Kier molecular flexibility index (Phi) is 7.44. The van der Waals surface area contributed by atoms with E-state index in [1.807, 2.05) is 0 Å². The number of benzene rings is 1. The molecule has 8 heteroatoms. The fourth-order valence-corrected chi connectivity index (χ4v) is 2.72. The van der Waals surface area contributed by atoms with Crippen molar-refractivity contribution >= 4 is 12.0 Å². The van der Waals surface area contributed by atoms with Crippen LogP contribution in [0.15, 0.2) is 12.1 Å². The Morgan fingerprint density at radius 3 is 2.59 bits per heavy atom. The summed E-state index contributed by atoms with van der Waals surface area (Å²) in [5, 5.41) is 2.43. The van der Waals surface area contributed by atoms with Crippen molar-refractivity contribution in [3.63, 3.8) is 0 Å². The third-order valence-corrected chi connectivity index (χ3v) is 3.92. The number of hydrazine groups is 1. The molecule has 0 N–H and O–H groups in total. The number of rotatable bonds is 4. The molecule has 2 rings (SSSR count). The van der Waals surface area contributed by atoms with E-state index in [0.717, 1.165) is 0 Å². The van der Waals surface area contributed by atoms with E-state index in [2.05, 4.69) is 11.8 Å². The lowest BCUT2D eigenvalue weighted by molar-refractivity contribution is -0.144. The maximum absolute atomic E-state index is 14.6. The highest BCUT2D eigenvalue weighted by molar-refractivity contribution is 5.82. The number of hydrogen-bond acceptors (Lipinski definition) is 5. The number of nitrogens with zero attached hydrogens (tertiary/aromatic N) is 2. The predicted octanol–water partition coefficient (Wildman–Crippen LogP) is 1.98. The Hall–Kier alpha value is -2.79. The van der Waals surface area contributed by atoms with Crippen molar-refractivity contribution in [3.05, 3.63) is 29.1 Å². The number of amides is 2. The molecule has 1 aromatic rings. The van der Waals surface area contributed by atoms with Gasteiger partial charge in [0.05, 0.1) is 46.4 Å². The van der Waals surface area contributed by atoms with Crippen LogP contribution < -0.4 is 4.74 Å². The zero-order valence-corrected chi connectivity index (χ0v) is 15.7. The van der Waals surface area contributed by atoms with Crippen molar-refractivity contribution in [1.82, 2.24) is 10.0 Å². The van der Waals surface area contributed by atoms with Crippen molar-refractivity contribution in [2.24, 2.45) is 0 Å². The molecule has 0 unspecified atom stereocenters. The minimum absolute atomic E-state index is 0.109. The third kappa shape index (κ3) is 5.11. The van der Waals surface area contributed by atoms with E-state index < -0.39 is 17.8 Å². The zero-order chi connectivity index (χ0) is 19.8. The highest BCUT2D eigenvalue weighted by atomic mass is 19.1. The van der Waals surface area contributed by atoms with Crippen LogP contribution in [0.2, 0.25) is 0 Å². The van der Waals surface area contributed by atoms with Gasteiger partial charge in [0.2, 0.25) is 5.91 Å². The van der Waals surface area contributed by atoms with Crippen molar-refractivity contribution in [1.29, 1.82) is 0 Å². The molecule has 0 bridgehead atoms. The van der Waals surface area contributed by atoms with Crippen LogP contribution in [0.1, 0.15) is 25.0 Å². The van der Waals surface area contributed by atoms with E-state index in [1.54, 1.807) is 19.9 Å². The molecule has 1 fully saturated rings. The first-order chi connectivity index (χ1) is 13.0. The molecular weight excluding hydrogens is 355 g/mol. The summed E-state index contributed by atoms with van der Waals surface area (Å²) in [6.45, 7) is 4.40. The second-order valence-electron chi connectivity index (χ2n) is 5.64. The van der Waals surface area contributed by atoms with Gasteiger partial charge in [0.15, 0.2) is 0 Å². The van der Waals surface area contributed by atoms with Crippen LogP contribution in [0, 0.1) is 17.7 Å². The van der Waals surface area contributed by atoms with E-state index in [-0.39, 0.29) is 50.6 Å². The summed E-state index contributed by atoms with van der Waals surface area (Å²) >= 11 is 0. The second-order valence-corrected chi connectivity index (χ2v) is 5.64. The Labute approximate surface area is 157 Å². The van der Waals surface area contributed by atoms with Crippen LogP contribution in [0.3, 0.4) is 0 Å². The monoisotopic (exact) mass is 378 g/mol. The van der Waals surface area contributed by atoms with E-state index in [4.69, 9.17) is 14.2 Å². The topological polar surface area (TPSA) is 68.3 Å². The van der Waals surface area contributed by atoms with E-state index in [0.29, 0.717) is 5.56 Å². The summed E-state index contributed by atoms with van der Waals surface area (Å²) in [6.07, 6.45) is -0.914. The summed E-state index contributed by atoms with van der Waals surface area (Å²) in [5.74, 6) is 4.64. The second kappa shape index (κ2) is 9.78. The summed E-state index contributed by atoms with van der Waals surface area (Å²) in [4.78, 5) is 25.0. The standard InChI is InChI=1S/C19H23FN2O5/c1-4-6-14-11-16(20)15(17(12-14)25-3)13-18(23)21-7-9-26-10-8-22(21)19(24)27-5-2/h11-12H,5,7-10,13H2,1-3H3. The molecule has 1 saturated heterocycles. The van der Waals surface area contributed by atoms with Gasteiger partial charge in [-0.05, 0) is 26.0 Å². The maximum Gasteiger partial charge on any atom is 0.428 e. The molecule has 1 aromatic carbocycles. The van der Waals surface area contributed by atoms with Gasteiger partial charge in [0.1, 0.15) is 11.6 Å². The number of hydrogen-bond donors (Lipinski definition) is 0. The molecule has 2 amide bonds. The van der Waals surface area contributed by atoms with Gasteiger partial charge in [-0.3, -0.25) is 4.79 Å². The average Bonchev–Trinajstić information content (AvgIpc) is 2.90. The highest BCUT2D eigenvalue weighted by Gasteiger charge is 2.30. The van der Waals surface area contributed by atoms with Crippen LogP contribution >= 0.6 is 0 Å². The fraction of sp³-hybridized carbons (Fsp3) is 0.474. The van der Waals surface area contributed by atoms with Crippen LogP contribution in [0.25, 0.3) is 0 Å². The van der Waals surface area contributed by atoms with Gasteiger partial charge in [-0.2, -0.15) is 0 Å². The predicted molar refractivity (Wildman–Crippen MR) is 95.5 cm³/mol.